The maximum Gasteiger partial charge on any atom is 0.262 e. The predicted molar refractivity (Wildman–Crippen MR) is 120 cm³/mol. The van der Waals surface area contributed by atoms with Crippen LogP contribution in [0, 0.1) is 0 Å². The van der Waals surface area contributed by atoms with Gasteiger partial charge in [-0.25, -0.2) is 0 Å². The molecule has 1 aliphatic rings. The van der Waals surface area contributed by atoms with Crippen LogP contribution >= 0.6 is 11.6 Å². The number of ether oxygens (including phenoxy) is 1. The van der Waals surface area contributed by atoms with Gasteiger partial charge >= 0.3 is 0 Å². The van der Waals surface area contributed by atoms with E-state index in [0.29, 0.717) is 16.5 Å². The van der Waals surface area contributed by atoms with Gasteiger partial charge in [-0.3, -0.25) is 4.79 Å². The van der Waals surface area contributed by atoms with Crippen LogP contribution in [0.2, 0.25) is 5.02 Å². The van der Waals surface area contributed by atoms with Crippen molar-refractivity contribution in [3.8, 4) is 5.75 Å². The minimum atomic E-state index is -0.215. The first kappa shape index (κ1) is 21.5. The number of rotatable bonds is 5. The van der Waals surface area contributed by atoms with Crippen LogP contribution in [-0.4, -0.2) is 50.6 Å². The Morgan fingerprint density at radius 3 is 2.31 bits per heavy atom. The van der Waals surface area contributed by atoms with E-state index in [-0.39, 0.29) is 17.9 Å². The largest absolute Gasteiger partial charge is 0.484 e. The molecule has 0 atom stereocenters. The molecule has 156 valence electrons. The highest BCUT2D eigenvalue weighted by molar-refractivity contribution is 6.33. The van der Waals surface area contributed by atoms with Crippen LogP contribution in [-0.2, 0) is 10.2 Å². The SMILES string of the molecule is CN1CCN(c2ccc(NC(=O)COc3ccc(C(C)(C)C)cc3)cc2Cl)CC1. The molecule has 1 saturated heterocycles. The standard InChI is InChI=1S/C23H30ClN3O2/c1-23(2,3)17-5-8-19(9-6-17)29-16-22(28)25-18-7-10-21(20(24)15-18)27-13-11-26(4)12-14-27/h5-10,15H,11-14,16H2,1-4H3,(H,25,28). The van der Waals surface area contributed by atoms with Crippen LogP contribution < -0.4 is 15.0 Å². The average molecular weight is 416 g/mol. The highest BCUT2D eigenvalue weighted by Gasteiger charge is 2.17. The van der Waals surface area contributed by atoms with E-state index in [1.54, 1.807) is 6.07 Å². The third kappa shape index (κ3) is 5.87. The molecule has 5 nitrogen and oxygen atoms in total. The molecule has 1 heterocycles. The number of likely N-dealkylation sites (N-methyl/N-ethyl adjacent to an activating group) is 1. The predicted octanol–water partition coefficient (Wildman–Crippen LogP) is 4.41. The molecule has 0 bridgehead atoms. The lowest BCUT2D eigenvalue weighted by atomic mass is 9.87. The summed E-state index contributed by atoms with van der Waals surface area (Å²) >= 11 is 6.47. The third-order valence-electron chi connectivity index (χ3n) is 5.17. The maximum absolute atomic E-state index is 12.3. The topological polar surface area (TPSA) is 44.8 Å². The second-order valence-corrected chi connectivity index (χ2v) is 8.97. The van der Waals surface area contributed by atoms with E-state index >= 15 is 0 Å². The molecule has 0 aromatic heterocycles. The molecule has 0 unspecified atom stereocenters. The summed E-state index contributed by atoms with van der Waals surface area (Å²) in [5, 5.41) is 3.50. The van der Waals surface area contributed by atoms with Gasteiger partial charge in [0, 0.05) is 31.9 Å². The number of carbonyl (C=O) groups is 1. The van der Waals surface area contributed by atoms with Gasteiger partial charge in [-0.15, -0.1) is 0 Å². The van der Waals surface area contributed by atoms with E-state index in [1.165, 1.54) is 5.56 Å². The van der Waals surface area contributed by atoms with Crippen molar-refractivity contribution in [2.75, 3.05) is 50.1 Å². The minimum absolute atomic E-state index is 0.0489. The van der Waals surface area contributed by atoms with E-state index in [2.05, 4.69) is 42.9 Å². The summed E-state index contributed by atoms with van der Waals surface area (Å²) in [6, 6.07) is 13.5. The third-order valence-corrected chi connectivity index (χ3v) is 5.47. The Bertz CT molecular complexity index is 838. The molecule has 0 saturated carbocycles. The normalized spacial score (nSPS) is 15.3. The molecule has 6 heteroatoms. The molecule has 29 heavy (non-hydrogen) atoms. The smallest absolute Gasteiger partial charge is 0.262 e. The van der Waals surface area contributed by atoms with Crippen LogP contribution in [0.15, 0.2) is 42.5 Å². The number of hydrogen-bond donors (Lipinski definition) is 1. The number of anilines is 2. The fourth-order valence-electron chi connectivity index (χ4n) is 3.29. The molecular formula is C23H30ClN3O2. The van der Waals surface area contributed by atoms with Gasteiger partial charge in [-0.1, -0.05) is 44.5 Å². The molecule has 1 amide bonds. The van der Waals surface area contributed by atoms with Gasteiger partial charge < -0.3 is 19.9 Å². The number of hydrogen-bond acceptors (Lipinski definition) is 4. The lowest BCUT2D eigenvalue weighted by Gasteiger charge is -2.34. The Balaban J connectivity index is 1.53. The van der Waals surface area contributed by atoms with Crippen molar-refractivity contribution in [2.45, 2.75) is 26.2 Å². The summed E-state index contributed by atoms with van der Waals surface area (Å²) in [7, 11) is 2.12. The van der Waals surface area contributed by atoms with Gasteiger partial charge in [-0.2, -0.15) is 0 Å². The number of piperazine rings is 1. The van der Waals surface area contributed by atoms with Gasteiger partial charge in [0.25, 0.3) is 5.91 Å². The van der Waals surface area contributed by atoms with Gasteiger partial charge in [-0.05, 0) is 48.4 Å². The first-order valence-corrected chi connectivity index (χ1v) is 10.4. The monoisotopic (exact) mass is 415 g/mol. The summed E-state index contributed by atoms with van der Waals surface area (Å²) in [5.41, 5.74) is 2.99. The summed E-state index contributed by atoms with van der Waals surface area (Å²) in [4.78, 5) is 16.8. The summed E-state index contributed by atoms with van der Waals surface area (Å²) in [6.07, 6.45) is 0. The molecule has 0 radical (unpaired) electrons. The van der Waals surface area contributed by atoms with E-state index < -0.39 is 0 Å². The second kappa shape index (κ2) is 9.06. The molecule has 1 fully saturated rings. The van der Waals surface area contributed by atoms with Gasteiger partial charge in [0.15, 0.2) is 6.61 Å². The number of nitrogens with one attached hydrogen (secondary N) is 1. The number of halogens is 1. The zero-order valence-corrected chi connectivity index (χ0v) is 18.4. The van der Waals surface area contributed by atoms with Crippen molar-refractivity contribution in [1.82, 2.24) is 4.90 Å². The molecule has 1 N–H and O–H groups in total. The maximum atomic E-state index is 12.3. The molecular weight excluding hydrogens is 386 g/mol. The first-order valence-electron chi connectivity index (χ1n) is 9.98. The van der Waals surface area contributed by atoms with E-state index in [4.69, 9.17) is 16.3 Å². The molecule has 1 aliphatic heterocycles. The highest BCUT2D eigenvalue weighted by Crippen LogP contribution is 2.29. The van der Waals surface area contributed by atoms with Crippen LogP contribution in [0.1, 0.15) is 26.3 Å². The number of nitrogens with zero attached hydrogens (tertiary/aromatic N) is 2. The van der Waals surface area contributed by atoms with Crippen molar-refractivity contribution < 1.29 is 9.53 Å². The lowest BCUT2D eigenvalue weighted by molar-refractivity contribution is -0.118. The first-order chi connectivity index (χ1) is 13.7. The van der Waals surface area contributed by atoms with Crippen LogP contribution in [0.5, 0.6) is 5.75 Å². The number of benzene rings is 2. The molecule has 2 aromatic carbocycles. The van der Waals surface area contributed by atoms with Crippen LogP contribution in [0.3, 0.4) is 0 Å². The quantitative estimate of drug-likeness (QED) is 0.785. The molecule has 0 aliphatic carbocycles. The van der Waals surface area contributed by atoms with Crippen molar-refractivity contribution in [1.29, 1.82) is 0 Å². The Morgan fingerprint density at radius 2 is 1.72 bits per heavy atom. The van der Waals surface area contributed by atoms with Gasteiger partial charge in [0.05, 0.1) is 10.7 Å². The molecule has 3 rings (SSSR count). The zero-order chi connectivity index (χ0) is 21.0. The van der Waals surface area contributed by atoms with Crippen LogP contribution in [0.25, 0.3) is 0 Å². The number of amides is 1. The van der Waals surface area contributed by atoms with E-state index in [1.807, 2.05) is 36.4 Å². The summed E-state index contributed by atoms with van der Waals surface area (Å²) in [6.45, 7) is 10.4. The molecule has 0 spiro atoms. The highest BCUT2D eigenvalue weighted by atomic mass is 35.5. The van der Waals surface area contributed by atoms with Gasteiger partial charge in [0.2, 0.25) is 0 Å². The fraction of sp³-hybridized carbons (Fsp3) is 0.435. The van der Waals surface area contributed by atoms with E-state index in [9.17, 15) is 4.79 Å². The van der Waals surface area contributed by atoms with Crippen molar-refractivity contribution >= 4 is 28.9 Å². The van der Waals surface area contributed by atoms with Crippen LogP contribution in [0.4, 0.5) is 11.4 Å². The molecule has 2 aromatic rings. The summed E-state index contributed by atoms with van der Waals surface area (Å²) in [5.74, 6) is 0.463. The zero-order valence-electron chi connectivity index (χ0n) is 17.7. The fourth-order valence-corrected chi connectivity index (χ4v) is 3.59. The Morgan fingerprint density at radius 1 is 1.07 bits per heavy atom. The van der Waals surface area contributed by atoms with E-state index in [0.717, 1.165) is 31.9 Å². The minimum Gasteiger partial charge on any atom is -0.484 e. The van der Waals surface area contributed by atoms with Crippen molar-refractivity contribution in [3.63, 3.8) is 0 Å². The average Bonchev–Trinajstić information content (AvgIpc) is 2.67. The second-order valence-electron chi connectivity index (χ2n) is 8.57. The Kier molecular flexibility index (Phi) is 6.70. The lowest BCUT2D eigenvalue weighted by Crippen LogP contribution is -2.44. The number of carbonyl (C=O) groups excluding carboxylic acids is 1. The van der Waals surface area contributed by atoms with Crippen molar-refractivity contribution in [3.05, 3.63) is 53.1 Å². The van der Waals surface area contributed by atoms with Crippen molar-refractivity contribution in [2.24, 2.45) is 0 Å². The van der Waals surface area contributed by atoms with Gasteiger partial charge in [0.1, 0.15) is 5.75 Å². The Hall–Kier alpha value is -2.24. The summed E-state index contributed by atoms with van der Waals surface area (Å²) < 4.78 is 5.61. The Labute approximate surface area is 178 Å².